The molecule has 0 heterocycles. The van der Waals surface area contributed by atoms with E-state index in [-0.39, 0.29) is 18.4 Å². The van der Waals surface area contributed by atoms with Gasteiger partial charge in [0, 0.05) is 11.6 Å². The third-order valence-corrected chi connectivity index (χ3v) is 2.54. The van der Waals surface area contributed by atoms with E-state index in [1.165, 1.54) is 0 Å². The molecule has 5 nitrogen and oxygen atoms in total. The standard InChI is InChI=1S/C13H17NO4/c1-3-9(2)13(17)14-10-4-6-11(7-5-10)18-8-12(15)16/h4-7,9H,3,8H2,1-2H3,(H,14,17)(H,15,16)/t9-/m1/s1. The summed E-state index contributed by atoms with van der Waals surface area (Å²) in [6, 6.07) is 6.60. The molecule has 0 aliphatic rings. The Kier molecular flexibility index (Phi) is 5.17. The van der Waals surface area contributed by atoms with Gasteiger partial charge in [0.05, 0.1) is 0 Å². The number of carboxylic acid groups (broad SMARTS) is 1. The molecule has 0 aliphatic carbocycles. The number of carbonyl (C=O) groups excluding carboxylic acids is 1. The smallest absolute Gasteiger partial charge is 0.341 e. The summed E-state index contributed by atoms with van der Waals surface area (Å²) in [5.41, 5.74) is 0.669. The van der Waals surface area contributed by atoms with Gasteiger partial charge in [-0.2, -0.15) is 0 Å². The van der Waals surface area contributed by atoms with Crippen LogP contribution in [0.5, 0.6) is 5.75 Å². The third-order valence-electron chi connectivity index (χ3n) is 2.54. The predicted octanol–water partition coefficient (Wildman–Crippen LogP) is 2.13. The highest BCUT2D eigenvalue weighted by Crippen LogP contribution is 2.16. The van der Waals surface area contributed by atoms with Crippen molar-refractivity contribution in [3.63, 3.8) is 0 Å². The quantitative estimate of drug-likeness (QED) is 0.812. The first-order valence-electron chi connectivity index (χ1n) is 5.78. The minimum Gasteiger partial charge on any atom is -0.482 e. The van der Waals surface area contributed by atoms with Gasteiger partial charge in [-0.3, -0.25) is 4.79 Å². The second kappa shape index (κ2) is 6.64. The Bertz CT molecular complexity index is 414. The van der Waals surface area contributed by atoms with Crippen LogP contribution >= 0.6 is 0 Å². The number of rotatable bonds is 6. The lowest BCUT2D eigenvalue weighted by molar-refractivity contribution is -0.139. The van der Waals surface area contributed by atoms with Gasteiger partial charge < -0.3 is 15.2 Å². The fourth-order valence-electron chi connectivity index (χ4n) is 1.23. The van der Waals surface area contributed by atoms with Crippen LogP contribution in [0.3, 0.4) is 0 Å². The van der Waals surface area contributed by atoms with Gasteiger partial charge >= 0.3 is 5.97 Å². The highest BCUT2D eigenvalue weighted by molar-refractivity contribution is 5.92. The average molecular weight is 251 g/mol. The molecule has 0 radical (unpaired) electrons. The molecule has 1 aromatic rings. The maximum Gasteiger partial charge on any atom is 0.341 e. The normalized spacial score (nSPS) is 11.7. The van der Waals surface area contributed by atoms with Gasteiger partial charge in [0.15, 0.2) is 6.61 Å². The summed E-state index contributed by atoms with van der Waals surface area (Å²) in [6.07, 6.45) is 0.783. The number of anilines is 1. The van der Waals surface area contributed by atoms with Crippen LogP contribution in [0.2, 0.25) is 0 Å². The molecule has 1 atom stereocenters. The van der Waals surface area contributed by atoms with Crippen LogP contribution < -0.4 is 10.1 Å². The predicted molar refractivity (Wildman–Crippen MR) is 67.7 cm³/mol. The Hall–Kier alpha value is -2.04. The topological polar surface area (TPSA) is 75.6 Å². The number of ether oxygens (including phenoxy) is 1. The van der Waals surface area contributed by atoms with Crippen molar-refractivity contribution in [2.45, 2.75) is 20.3 Å². The van der Waals surface area contributed by atoms with Crippen LogP contribution in [0.4, 0.5) is 5.69 Å². The molecule has 0 aliphatic heterocycles. The Morgan fingerprint density at radius 3 is 2.44 bits per heavy atom. The van der Waals surface area contributed by atoms with Crippen molar-refractivity contribution in [3.8, 4) is 5.75 Å². The molecule has 1 aromatic carbocycles. The van der Waals surface area contributed by atoms with Gasteiger partial charge in [0.1, 0.15) is 5.75 Å². The molecule has 0 bridgehead atoms. The molecule has 1 amide bonds. The molecular formula is C13H17NO4. The monoisotopic (exact) mass is 251 g/mol. The van der Waals surface area contributed by atoms with E-state index in [9.17, 15) is 9.59 Å². The second-order valence-electron chi connectivity index (χ2n) is 4.01. The van der Waals surface area contributed by atoms with Crippen LogP contribution in [0.25, 0.3) is 0 Å². The number of hydrogen-bond donors (Lipinski definition) is 2. The number of carbonyl (C=O) groups is 2. The summed E-state index contributed by atoms with van der Waals surface area (Å²) in [6.45, 7) is 3.44. The van der Waals surface area contributed by atoms with Crippen LogP contribution in [-0.4, -0.2) is 23.6 Å². The minimum atomic E-state index is -1.02. The fourth-order valence-corrected chi connectivity index (χ4v) is 1.23. The van der Waals surface area contributed by atoms with Crippen molar-refractivity contribution >= 4 is 17.6 Å². The van der Waals surface area contributed by atoms with Gasteiger partial charge in [0.2, 0.25) is 5.91 Å². The SMILES string of the molecule is CC[C@@H](C)C(=O)Nc1ccc(OCC(=O)O)cc1. The zero-order valence-electron chi connectivity index (χ0n) is 10.5. The number of nitrogens with one attached hydrogen (secondary N) is 1. The first kappa shape index (κ1) is 14.0. The summed E-state index contributed by atoms with van der Waals surface area (Å²) in [7, 11) is 0. The zero-order chi connectivity index (χ0) is 13.5. The summed E-state index contributed by atoms with van der Waals surface area (Å²) in [5, 5.41) is 11.2. The van der Waals surface area contributed by atoms with Gasteiger partial charge in [-0.1, -0.05) is 13.8 Å². The van der Waals surface area contributed by atoms with Crippen LogP contribution in [0.1, 0.15) is 20.3 Å². The Morgan fingerprint density at radius 1 is 1.33 bits per heavy atom. The average Bonchev–Trinajstić information content (AvgIpc) is 2.36. The van der Waals surface area contributed by atoms with Crippen LogP contribution in [0, 0.1) is 5.92 Å². The number of hydrogen-bond acceptors (Lipinski definition) is 3. The maximum atomic E-state index is 11.6. The fraction of sp³-hybridized carbons (Fsp3) is 0.385. The molecule has 2 N–H and O–H groups in total. The van der Waals surface area contributed by atoms with Gasteiger partial charge in [0.25, 0.3) is 0 Å². The number of benzene rings is 1. The molecule has 5 heteroatoms. The van der Waals surface area contributed by atoms with Crippen LogP contribution in [0.15, 0.2) is 24.3 Å². The third kappa shape index (κ3) is 4.45. The number of aliphatic carboxylic acids is 1. The summed E-state index contributed by atoms with van der Waals surface area (Å²) in [4.78, 5) is 21.9. The molecular weight excluding hydrogens is 234 g/mol. The van der Waals surface area contributed by atoms with Crippen LogP contribution in [-0.2, 0) is 9.59 Å². The lowest BCUT2D eigenvalue weighted by atomic mass is 10.1. The molecule has 0 saturated carbocycles. The van der Waals surface area contributed by atoms with Crippen molar-refractivity contribution in [3.05, 3.63) is 24.3 Å². The van der Waals surface area contributed by atoms with Crippen molar-refractivity contribution in [2.75, 3.05) is 11.9 Å². The Morgan fingerprint density at radius 2 is 1.94 bits per heavy atom. The molecule has 0 fully saturated rings. The zero-order valence-corrected chi connectivity index (χ0v) is 10.5. The second-order valence-corrected chi connectivity index (χ2v) is 4.01. The molecule has 0 spiro atoms. The largest absolute Gasteiger partial charge is 0.482 e. The summed E-state index contributed by atoms with van der Waals surface area (Å²) < 4.78 is 4.98. The van der Waals surface area contributed by atoms with E-state index in [0.717, 1.165) is 6.42 Å². The molecule has 18 heavy (non-hydrogen) atoms. The van der Waals surface area contributed by atoms with E-state index >= 15 is 0 Å². The Labute approximate surface area is 106 Å². The highest BCUT2D eigenvalue weighted by Gasteiger charge is 2.10. The van der Waals surface area contributed by atoms with Gasteiger partial charge in [-0.15, -0.1) is 0 Å². The van der Waals surface area contributed by atoms with E-state index in [1.807, 2.05) is 13.8 Å². The van der Waals surface area contributed by atoms with Gasteiger partial charge in [-0.25, -0.2) is 4.79 Å². The number of amides is 1. The minimum absolute atomic E-state index is 0.0308. The lowest BCUT2D eigenvalue weighted by Gasteiger charge is -2.10. The van der Waals surface area contributed by atoms with Crippen molar-refractivity contribution in [2.24, 2.45) is 5.92 Å². The van der Waals surface area contributed by atoms with E-state index < -0.39 is 5.97 Å². The lowest BCUT2D eigenvalue weighted by Crippen LogP contribution is -2.19. The number of carboxylic acids is 1. The maximum absolute atomic E-state index is 11.6. The van der Waals surface area contributed by atoms with E-state index in [4.69, 9.17) is 9.84 Å². The van der Waals surface area contributed by atoms with E-state index in [1.54, 1.807) is 24.3 Å². The van der Waals surface area contributed by atoms with Gasteiger partial charge in [-0.05, 0) is 30.7 Å². The molecule has 0 aromatic heterocycles. The first-order valence-corrected chi connectivity index (χ1v) is 5.78. The molecule has 0 unspecified atom stereocenters. The highest BCUT2D eigenvalue weighted by atomic mass is 16.5. The molecule has 1 rings (SSSR count). The first-order chi connectivity index (χ1) is 8.52. The summed E-state index contributed by atoms with van der Waals surface area (Å²) >= 11 is 0. The summed E-state index contributed by atoms with van der Waals surface area (Å²) in [5.74, 6) is -0.632. The van der Waals surface area contributed by atoms with Crippen molar-refractivity contribution in [1.82, 2.24) is 0 Å². The van der Waals surface area contributed by atoms with Crippen molar-refractivity contribution < 1.29 is 19.4 Å². The van der Waals surface area contributed by atoms with E-state index in [2.05, 4.69) is 5.32 Å². The molecule has 0 saturated heterocycles. The Balaban J connectivity index is 2.55. The van der Waals surface area contributed by atoms with Crippen molar-refractivity contribution in [1.29, 1.82) is 0 Å². The van der Waals surface area contributed by atoms with E-state index in [0.29, 0.717) is 11.4 Å². The molecule has 98 valence electrons.